The van der Waals surface area contributed by atoms with Crippen molar-refractivity contribution in [1.29, 1.82) is 0 Å². The third kappa shape index (κ3) is 4.19. The van der Waals surface area contributed by atoms with Crippen molar-refractivity contribution in [2.24, 2.45) is 10.8 Å². The Morgan fingerprint density at radius 1 is 1.24 bits per heavy atom. The highest BCUT2D eigenvalue weighted by Crippen LogP contribution is 2.46. The molecular weight excluding hydrogens is 332 g/mol. The lowest BCUT2D eigenvalue weighted by molar-refractivity contribution is -0.384. The quantitative estimate of drug-likeness (QED) is 0.585. The molecule has 0 radical (unpaired) electrons. The summed E-state index contributed by atoms with van der Waals surface area (Å²) in [6, 6.07) is 5.45. The van der Waals surface area contributed by atoms with Crippen LogP contribution in [0.1, 0.15) is 47.0 Å². The standard InChI is InChI=1S/C16H23BrN2O2/c1-15(2)8-12(9-16(3,4)10-15)18-13-6-5-11(17)7-14(13)19(20)21/h5-7,12,18H,8-10H2,1-4H3. The fraction of sp³-hybridized carbons (Fsp3) is 0.625. The number of nitrogens with one attached hydrogen (secondary N) is 1. The lowest BCUT2D eigenvalue weighted by Gasteiger charge is -2.45. The predicted molar refractivity (Wildman–Crippen MR) is 89.6 cm³/mol. The molecule has 1 aromatic rings. The lowest BCUT2D eigenvalue weighted by atomic mass is 9.63. The van der Waals surface area contributed by atoms with Crippen molar-refractivity contribution < 1.29 is 4.92 Å². The molecular formula is C16H23BrN2O2. The minimum absolute atomic E-state index is 0.130. The molecule has 0 atom stereocenters. The van der Waals surface area contributed by atoms with Gasteiger partial charge in [-0.25, -0.2) is 0 Å². The average molecular weight is 355 g/mol. The largest absolute Gasteiger partial charge is 0.377 e. The first-order valence-electron chi connectivity index (χ1n) is 7.29. The van der Waals surface area contributed by atoms with Gasteiger partial charge in [0.1, 0.15) is 5.69 Å². The maximum atomic E-state index is 11.2. The molecule has 1 aliphatic carbocycles. The van der Waals surface area contributed by atoms with Gasteiger partial charge in [-0.3, -0.25) is 10.1 Å². The molecule has 1 aromatic carbocycles. The molecule has 0 bridgehead atoms. The number of hydrogen-bond donors (Lipinski definition) is 1. The van der Waals surface area contributed by atoms with Crippen LogP contribution in [-0.4, -0.2) is 11.0 Å². The molecule has 116 valence electrons. The summed E-state index contributed by atoms with van der Waals surface area (Å²) in [6.07, 6.45) is 3.24. The SMILES string of the molecule is CC1(C)CC(Nc2ccc(Br)cc2[N+](=O)[O-])CC(C)(C)C1. The van der Waals surface area contributed by atoms with E-state index in [4.69, 9.17) is 0 Å². The molecule has 0 saturated heterocycles. The molecule has 0 aliphatic heterocycles. The minimum atomic E-state index is -0.327. The minimum Gasteiger partial charge on any atom is -0.377 e. The zero-order chi connectivity index (χ0) is 15.8. The van der Waals surface area contributed by atoms with Gasteiger partial charge >= 0.3 is 0 Å². The van der Waals surface area contributed by atoms with Gasteiger partial charge in [-0.05, 0) is 42.2 Å². The van der Waals surface area contributed by atoms with Gasteiger partial charge < -0.3 is 5.32 Å². The Labute approximate surface area is 134 Å². The molecule has 2 rings (SSSR count). The zero-order valence-electron chi connectivity index (χ0n) is 13.1. The smallest absolute Gasteiger partial charge is 0.293 e. The number of nitrogens with zero attached hydrogens (tertiary/aromatic N) is 1. The second-order valence-electron chi connectivity index (χ2n) is 7.67. The first-order chi connectivity index (χ1) is 9.58. The van der Waals surface area contributed by atoms with Crippen LogP contribution < -0.4 is 5.32 Å². The predicted octanol–water partition coefficient (Wildman–Crippen LogP) is 5.37. The van der Waals surface area contributed by atoms with Crippen LogP contribution >= 0.6 is 15.9 Å². The van der Waals surface area contributed by atoms with Crippen molar-refractivity contribution >= 4 is 27.3 Å². The summed E-state index contributed by atoms with van der Waals surface area (Å²) in [5.74, 6) is 0. The highest BCUT2D eigenvalue weighted by molar-refractivity contribution is 9.10. The van der Waals surface area contributed by atoms with Gasteiger partial charge in [0.05, 0.1) is 4.92 Å². The van der Waals surface area contributed by atoms with E-state index in [1.54, 1.807) is 12.1 Å². The fourth-order valence-electron chi connectivity index (χ4n) is 3.95. The van der Waals surface area contributed by atoms with Crippen molar-refractivity contribution in [2.75, 3.05) is 5.32 Å². The number of rotatable bonds is 3. The van der Waals surface area contributed by atoms with E-state index >= 15 is 0 Å². The monoisotopic (exact) mass is 354 g/mol. The summed E-state index contributed by atoms with van der Waals surface area (Å²) in [4.78, 5) is 10.9. The summed E-state index contributed by atoms with van der Waals surface area (Å²) >= 11 is 3.29. The van der Waals surface area contributed by atoms with E-state index in [1.165, 1.54) is 6.42 Å². The third-order valence-electron chi connectivity index (χ3n) is 4.07. The Kier molecular flexibility index (Phi) is 4.34. The molecule has 1 fully saturated rings. The van der Waals surface area contributed by atoms with E-state index in [1.807, 2.05) is 6.07 Å². The van der Waals surface area contributed by atoms with Crippen LogP contribution in [0.3, 0.4) is 0 Å². The molecule has 1 saturated carbocycles. The van der Waals surface area contributed by atoms with Crippen LogP contribution in [0.2, 0.25) is 0 Å². The Balaban J connectivity index is 2.24. The second kappa shape index (κ2) is 5.59. The van der Waals surface area contributed by atoms with Gasteiger partial charge in [0.25, 0.3) is 5.69 Å². The Bertz CT molecular complexity index is 539. The maximum absolute atomic E-state index is 11.2. The average Bonchev–Trinajstić information content (AvgIpc) is 2.27. The van der Waals surface area contributed by atoms with E-state index in [2.05, 4.69) is 48.9 Å². The van der Waals surface area contributed by atoms with Crippen LogP contribution in [0.4, 0.5) is 11.4 Å². The summed E-state index contributed by atoms with van der Waals surface area (Å²) < 4.78 is 0.726. The van der Waals surface area contributed by atoms with Crippen LogP contribution in [0.5, 0.6) is 0 Å². The van der Waals surface area contributed by atoms with Gasteiger partial charge in [0, 0.05) is 16.6 Å². The van der Waals surface area contributed by atoms with E-state index in [0.29, 0.717) is 5.69 Å². The van der Waals surface area contributed by atoms with Gasteiger partial charge in [0.15, 0.2) is 0 Å². The first-order valence-corrected chi connectivity index (χ1v) is 8.08. The zero-order valence-corrected chi connectivity index (χ0v) is 14.7. The summed E-state index contributed by atoms with van der Waals surface area (Å²) in [6.45, 7) is 9.11. The molecule has 1 N–H and O–H groups in total. The van der Waals surface area contributed by atoms with Crippen molar-refractivity contribution in [2.45, 2.75) is 53.0 Å². The fourth-order valence-corrected chi connectivity index (χ4v) is 4.29. The number of nitro groups is 1. The highest BCUT2D eigenvalue weighted by Gasteiger charge is 2.38. The summed E-state index contributed by atoms with van der Waals surface area (Å²) in [5.41, 5.74) is 1.25. The molecule has 0 spiro atoms. The van der Waals surface area contributed by atoms with Crippen LogP contribution in [0.15, 0.2) is 22.7 Å². The molecule has 5 heteroatoms. The van der Waals surface area contributed by atoms with E-state index in [9.17, 15) is 10.1 Å². The van der Waals surface area contributed by atoms with Crippen molar-refractivity contribution in [3.8, 4) is 0 Å². The van der Waals surface area contributed by atoms with Crippen molar-refractivity contribution in [1.82, 2.24) is 0 Å². The number of hydrogen-bond acceptors (Lipinski definition) is 3. The van der Waals surface area contributed by atoms with E-state index in [0.717, 1.165) is 17.3 Å². The molecule has 21 heavy (non-hydrogen) atoms. The van der Waals surface area contributed by atoms with Crippen LogP contribution in [0.25, 0.3) is 0 Å². The number of nitro benzene ring substituents is 1. The normalized spacial score (nSPS) is 21.0. The van der Waals surface area contributed by atoms with Gasteiger partial charge in [0.2, 0.25) is 0 Å². The number of anilines is 1. The van der Waals surface area contributed by atoms with Crippen molar-refractivity contribution in [3.05, 3.63) is 32.8 Å². The number of benzene rings is 1. The molecule has 0 unspecified atom stereocenters. The highest BCUT2D eigenvalue weighted by atomic mass is 79.9. The molecule has 1 aliphatic rings. The van der Waals surface area contributed by atoms with Gasteiger partial charge in [-0.2, -0.15) is 0 Å². The van der Waals surface area contributed by atoms with Gasteiger partial charge in [-0.1, -0.05) is 43.6 Å². The molecule has 0 heterocycles. The van der Waals surface area contributed by atoms with E-state index in [-0.39, 0.29) is 27.5 Å². The van der Waals surface area contributed by atoms with Crippen LogP contribution in [-0.2, 0) is 0 Å². The summed E-state index contributed by atoms with van der Waals surface area (Å²) in [7, 11) is 0. The molecule has 4 nitrogen and oxygen atoms in total. The molecule has 0 amide bonds. The summed E-state index contributed by atoms with van der Waals surface area (Å²) in [5, 5.41) is 14.6. The third-order valence-corrected chi connectivity index (χ3v) is 4.56. The maximum Gasteiger partial charge on any atom is 0.293 e. The first kappa shape index (κ1) is 16.3. The topological polar surface area (TPSA) is 55.2 Å². The molecule has 0 aromatic heterocycles. The Morgan fingerprint density at radius 2 is 1.81 bits per heavy atom. The van der Waals surface area contributed by atoms with Gasteiger partial charge in [-0.15, -0.1) is 0 Å². The Morgan fingerprint density at radius 3 is 2.33 bits per heavy atom. The van der Waals surface area contributed by atoms with E-state index < -0.39 is 0 Å². The van der Waals surface area contributed by atoms with Crippen molar-refractivity contribution in [3.63, 3.8) is 0 Å². The van der Waals surface area contributed by atoms with Crippen LogP contribution in [0, 0.1) is 20.9 Å². The Hall–Kier alpha value is -1.10. The lowest BCUT2D eigenvalue weighted by Crippen LogP contribution is -2.40. The second-order valence-corrected chi connectivity index (χ2v) is 8.59. The number of halogens is 1.